The molecule has 2 N–H and O–H groups in total. The minimum atomic E-state index is 0.314. The molecule has 0 spiro atoms. The van der Waals surface area contributed by atoms with Crippen LogP contribution in [0.2, 0.25) is 0 Å². The molecule has 0 saturated heterocycles. The SMILES string of the molecule is Nc1nc2ccccc2nc1Oc1ccc2c(c1)CCC2. The first-order valence-electron chi connectivity index (χ1n) is 7.11. The second-order valence-electron chi connectivity index (χ2n) is 5.29. The molecule has 21 heavy (non-hydrogen) atoms. The number of fused-ring (bicyclic) bond motifs is 2. The topological polar surface area (TPSA) is 61.0 Å². The van der Waals surface area contributed by atoms with E-state index in [0.29, 0.717) is 11.7 Å². The summed E-state index contributed by atoms with van der Waals surface area (Å²) in [4.78, 5) is 8.79. The predicted molar refractivity (Wildman–Crippen MR) is 82.5 cm³/mol. The number of hydrogen-bond donors (Lipinski definition) is 1. The Kier molecular flexibility index (Phi) is 2.74. The molecule has 0 saturated carbocycles. The molecule has 0 unspecified atom stereocenters. The van der Waals surface area contributed by atoms with E-state index in [9.17, 15) is 0 Å². The molecule has 1 aromatic heterocycles. The average Bonchev–Trinajstić information content (AvgIpc) is 2.95. The molecule has 0 bridgehead atoms. The van der Waals surface area contributed by atoms with Gasteiger partial charge in [-0.25, -0.2) is 9.97 Å². The van der Waals surface area contributed by atoms with Gasteiger partial charge in [-0.05, 0) is 54.7 Å². The van der Waals surface area contributed by atoms with Gasteiger partial charge in [-0.15, -0.1) is 0 Å². The van der Waals surface area contributed by atoms with Gasteiger partial charge in [0.2, 0.25) is 0 Å². The zero-order valence-electron chi connectivity index (χ0n) is 11.5. The molecule has 2 aromatic carbocycles. The maximum Gasteiger partial charge on any atom is 0.263 e. The number of rotatable bonds is 2. The molecule has 4 rings (SSSR count). The van der Waals surface area contributed by atoms with Crippen LogP contribution in [0.25, 0.3) is 11.0 Å². The van der Waals surface area contributed by atoms with Gasteiger partial charge in [0.05, 0.1) is 11.0 Å². The molecular weight excluding hydrogens is 262 g/mol. The van der Waals surface area contributed by atoms with Gasteiger partial charge >= 0.3 is 0 Å². The number of aryl methyl sites for hydroxylation is 2. The molecule has 0 radical (unpaired) electrons. The number of anilines is 1. The lowest BCUT2D eigenvalue weighted by Gasteiger charge is -2.09. The molecule has 0 atom stereocenters. The maximum absolute atomic E-state index is 5.95. The Morgan fingerprint density at radius 2 is 1.67 bits per heavy atom. The van der Waals surface area contributed by atoms with Crippen LogP contribution in [0, 0.1) is 0 Å². The zero-order valence-corrected chi connectivity index (χ0v) is 11.5. The number of benzene rings is 2. The van der Waals surface area contributed by atoms with Crippen molar-refractivity contribution in [1.29, 1.82) is 0 Å². The van der Waals surface area contributed by atoms with Crippen LogP contribution in [-0.2, 0) is 12.8 Å². The maximum atomic E-state index is 5.95. The van der Waals surface area contributed by atoms with Crippen LogP contribution in [0.15, 0.2) is 42.5 Å². The normalized spacial score (nSPS) is 13.3. The van der Waals surface area contributed by atoms with Crippen LogP contribution in [-0.4, -0.2) is 9.97 Å². The van der Waals surface area contributed by atoms with Crippen molar-refractivity contribution in [3.63, 3.8) is 0 Å². The summed E-state index contributed by atoms with van der Waals surface area (Å²) in [6.45, 7) is 0. The summed E-state index contributed by atoms with van der Waals surface area (Å²) in [6.07, 6.45) is 3.50. The van der Waals surface area contributed by atoms with E-state index in [1.165, 1.54) is 17.5 Å². The lowest BCUT2D eigenvalue weighted by Crippen LogP contribution is -1.99. The highest BCUT2D eigenvalue weighted by atomic mass is 16.5. The second kappa shape index (κ2) is 4.74. The fourth-order valence-electron chi connectivity index (χ4n) is 2.80. The lowest BCUT2D eigenvalue weighted by atomic mass is 10.1. The molecule has 4 nitrogen and oxygen atoms in total. The summed E-state index contributed by atoms with van der Waals surface area (Å²) in [6, 6.07) is 13.8. The van der Waals surface area contributed by atoms with Crippen LogP contribution in [0.3, 0.4) is 0 Å². The van der Waals surface area contributed by atoms with Gasteiger partial charge in [0.25, 0.3) is 5.88 Å². The van der Waals surface area contributed by atoms with E-state index in [4.69, 9.17) is 10.5 Å². The van der Waals surface area contributed by atoms with E-state index in [0.717, 1.165) is 29.6 Å². The number of nitrogens with two attached hydrogens (primary N) is 1. The molecule has 104 valence electrons. The Balaban J connectivity index is 1.72. The Morgan fingerprint density at radius 3 is 2.52 bits per heavy atom. The summed E-state index contributed by atoms with van der Waals surface area (Å²) < 4.78 is 5.84. The highest BCUT2D eigenvalue weighted by Gasteiger charge is 2.13. The number of ether oxygens (including phenoxy) is 1. The van der Waals surface area contributed by atoms with E-state index in [1.54, 1.807) is 0 Å². The highest BCUT2D eigenvalue weighted by Crippen LogP contribution is 2.30. The van der Waals surface area contributed by atoms with Crippen molar-refractivity contribution in [3.8, 4) is 11.6 Å². The zero-order chi connectivity index (χ0) is 14.2. The van der Waals surface area contributed by atoms with E-state index in [2.05, 4.69) is 22.1 Å². The number of nitrogen functional groups attached to an aromatic ring is 1. The second-order valence-corrected chi connectivity index (χ2v) is 5.29. The smallest absolute Gasteiger partial charge is 0.263 e. The van der Waals surface area contributed by atoms with Gasteiger partial charge in [-0.3, -0.25) is 0 Å². The molecule has 1 aliphatic rings. The number of nitrogens with zero attached hydrogens (tertiary/aromatic N) is 2. The van der Waals surface area contributed by atoms with Crippen molar-refractivity contribution in [2.75, 3.05) is 5.73 Å². The van der Waals surface area contributed by atoms with Gasteiger partial charge in [0, 0.05) is 0 Å². The highest BCUT2D eigenvalue weighted by molar-refractivity contribution is 5.76. The molecule has 0 aliphatic heterocycles. The first kappa shape index (κ1) is 12.1. The van der Waals surface area contributed by atoms with Crippen molar-refractivity contribution in [2.24, 2.45) is 0 Å². The third kappa shape index (κ3) is 2.18. The van der Waals surface area contributed by atoms with E-state index in [-0.39, 0.29) is 0 Å². The molecule has 0 amide bonds. The Labute approximate surface area is 122 Å². The van der Waals surface area contributed by atoms with Gasteiger partial charge in [0.15, 0.2) is 5.82 Å². The van der Waals surface area contributed by atoms with Crippen LogP contribution < -0.4 is 10.5 Å². The Bertz CT molecular complexity index is 829. The Hall–Kier alpha value is -2.62. The molecule has 0 fully saturated rings. The van der Waals surface area contributed by atoms with Crippen LogP contribution in [0.5, 0.6) is 11.6 Å². The number of hydrogen-bond acceptors (Lipinski definition) is 4. The first-order chi connectivity index (χ1) is 10.3. The van der Waals surface area contributed by atoms with Crippen molar-refractivity contribution >= 4 is 16.9 Å². The van der Waals surface area contributed by atoms with Crippen LogP contribution in [0.4, 0.5) is 5.82 Å². The van der Waals surface area contributed by atoms with Gasteiger partial charge in [0.1, 0.15) is 5.75 Å². The van der Waals surface area contributed by atoms with E-state index >= 15 is 0 Å². The Morgan fingerprint density at radius 1 is 0.905 bits per heavy atom. The van der Waals surface area contributed by atoms with Crippen LogP contribution >= 0.6 is 0 Å². The molecule has 1 aliphatic carbocycles. The third-order valence-electron chi connectivity index (χ3n) is 3.85. The summed E-state index contributed by atoms with van der Waals surface area (Å²) in [5.74, 6) is 1.45. The monoisotopic (exact) mass is 277 g/mol. The predicted octanol–water partition coefficient (Wildman–Crippen LogP) is 3.49. The fourth-order valence-corrected chi connectivity index (χ4v) is 2.80. The minimum Gasteiger partial charge on any atom is -0.436 e. The summed E-state index contributed by atoms with van der Waals surface area (Å²) in [5.41, 5.74) is 10.3. The summed E-state index contributed by atoms with van der Waals surface area (Å²) >= 11 is 0. The van der Waals surface area contributed by atoms with Gasteiger partial charge in [-0.2, -0.15) is 0 Å². The molecule has 1 heterocycles. The average molecular weight is 277 g/mol. The van der Waals surface area contributed by atoms with Crippen molar-refractivity contribution in [1.82, 2.24) is 9.97 Å². The van der Waals surface area contributed by atoms with Crippen molar-refractivity contribution in [3.05, 3.63) is 53.6 Å². The van der Waals surface area contributed by atoms with Crippen molar-refractivity contribution in [2.45, 2.75) is 19.3 Å². The van der Waals surface area contributed by atoms with E-state index < -0.39 is 0 Å². The van der Waals surface area contributed by atoms with Gasteiger partial charge in [-0.1, -0.05) is 18.2 Å². The number of para-hydroxylation sites is 2. The lowest BCUT2D eigenvalue weighted by molar-refractivity contribution is 0.465. The molecule has 3 aromatic rings. The standard InChI is InChI=1S/C17H15N3O/c18-16-17(20-15-7-2-1-6-14(15)19-16)21-13-9-8-11-4-3-5-12(11)10-13/h1-2,6-10H,3-5H2,(H2,18,19). The quantitative estimate of drug-likeness (QED) is 0.779. The van der Waals surface area contributed by atoms with Gasteiger partial charge < -0.3 is 10.5 Å². The summed E-state index contributed by atoms with van der Waals surface area (Å²) in [7, 11) is 0. The number of aromatic nitrogens is 2. The third-order valence-corrected chi connectivity index (χ3v) is 3.85. The van der Waals surface area contributed by atoms with Crippen LogP contribution in [0.1, 0.15) is 17.5 Å². The largest absolute Gasteiger partial charge is 0.436 e. The summed E-state index contributed by atoms with van der Waals surface area (Å²) in [5, 5.41) is 0. The minimum absolute atomic E-state index is 0.314. The van der Waals surface area contributed by atoms with Crippen molar-refractivity contribution < 1.29 is 4.74 Å². The first-order valence-corrected chi connectivity index (χ1v) is 7.11. The molecular formula is C17H15N3O. The molecule has 4 heteroatoms. The van der Waals surface area contributed by atoms with E-state index in [1.807, 2.05) is 30.3 Å². The fraction of sp³-hybridized carbons (Fsp3) is 0.176.